The van der Waals surface area contributed by atoms with E-state index in [0.717, 1.165) is 52.2 Å². The number of benzene rings is 6. The molecule has 0 radical (unpaired) electrons. The maximum Gasteiger partial charge on any atom is 0.0527 e. The van der Waals surface area contributed by atoms with E-state index in [1.807, 2.05) is 54.7 Å². The molecule has 0 atom stereocenters. The van der Waals surface area contributed by atoms with E-state index in [0.29, 0.717) is 0 Å². The molecule has 0 fully saturated rings. The molecule has 0 bridgehead atoms. The quantitative estimate of drug-likeness (QED) is 0.143. The van der Waals surface area contributed by atoms with E-state index < -0.39 is 0 Å². The van der Waals surface area contributed by atoms with Crippen LogP contribution in [0, 0.1) is 12.3 Å². The van der Waals surface area contributed by atoms with Crippen LogP contribution in [0.25, 0.3) is 38.7 Å². The number of anilines is 3. The number of nitrogens with one attached hydrogen (secondary N) is 2. The first-order chi connectivity index (χ1) is 26.0. The summed E-state index contributed by atoms with van der Waals surface area (Å²) in [5.74, 6) is 0. The maximum atomic E-state index is 5.50. The summed E-state index contributed by atoms with van der Waals surface area (Å²) in [5.41, 5.74) is 11.4. The van der Waals surface area contributed by atoms with E-state index in [2.05, 4.69) is 165 Å². The van der Waals surface area contributed by atoms with Crippen LogP contribution in [0.4, 0.5) is 17.1 Å². The average molecular weight is 688 g/mol. The molecule has 0 amide bonds. The molecule has 3 nitrogen and oxygen atoms in total. The molecule has 0 spiro atoms. The third kappa shape index (κ3) is 8.61. The Morgan fingerprint density at radius 3 is 1.96 bits per heavy atom. The Morgan fingerprint density at radius 2 is 1.25 bits per heavy atom. The number of hydrogen-bond acceptors (Lipinski definition) is 3. The van der Waals surface area contributed by atoms with E-state index in [-0.39, 0.29) is 0 Å². The highest BCUT2D eigenvalue weighted by Crippen LogP contribution is 2.39. The molecule has 2 aliphatic rings. The molecule has 0 aromatic heterocycles. The van der Waals surface area contributed by atoms with Crippen molar-refractivity contribution >= 4 is 51.4 Å². The molecule has 6 aromatic rings. The molecular formula is C50H45N3. The summed E-state index contributed by atoms with van der Waals surface area (Å²) in [7, 11) is 0. The second-order valence-electron chi connectivity index (χ2n) is 12.9. The summed E-state index contributed by atoms with van der Waals surface area (Å²) in [6, 6.07) is 43.0. The van der Waals surface area contributed by atoms with Gasteiger partial charge in [0.15, 0.2) is 0 Å². The summed E-state index contributed by atoms with van der Waals surface area (Å²) in [6.07, 6.45) is 23.0. The Bertz CT molecular complexity index is 2370. The fraction of sp³-hybridized carbons (Fsp3) is 0.0600. The van der Waals surface area contributed by atoms with Crippen LogP contribution in [0.15, 0.2) is 201 Å². The predicted molar refractivity (Wildman–Crippen MR) is 232 cm³/mol. The Kier molecular flexibility index (Phi) is 11.9. The van der Waals surface area contributed by atoms with Crippen LogP contribution < -0.4 is 10.2 Å². The molecule has 3 heteroatoms. The molecular weight excluding hydrogens is 643 g/mol. The van der Waals surface area contributed by atoms with Crippen molar-refractivity contribution in [1.29, 1.82) is 5.41 Å². The van der Waals surface area contributed by atoms with Gasteiger partial charge in [-0.05, 0) is 118 Å². The van der Waals surface area contributed by atoms with Gasteiger partial charge in [0.25, 0.3) is 0 Å². The minimum Gasteiger partial charge on any atom is -0.355 e. The van der Waals surface area contributed by atoms with Crippen molar-refractivity contribution in [2.45, 2.75) is 19.8 Å². The van der Waals surface area contributed by atoms with E-state index in [1.54, 1.807) is 0 Å². The number of para-hydroxylation sites is 1. The van der Waals surface area contributed by atoms with Gasteiger partial charge >= 0.3 is 0 Å². The van der Waals surface area contributed by atoms with Gasteiger partial charge in [-0.1, -0.05) is 146 Å². The lowest BCUT2D eigenvalue weighted by Crippen LogP contribution is -2.08. The molecule has 0 saturated carbocycles. The predicted octanol–water partition coefficient (Wildman–Crippen LogP) is 13.7. The highest BCUT2D eigenvalue weighted by Gasteiger charge is 2.15. The van der Waals surface area contributed by atoms with E-state index in [1.165, 1.54) is 38.2 Å². The van der Waals surface area contributed by atoms with E-state index in [4.69, 9.17) is 5.41 Å². The minimum absolute atomic E-state index is 0.897. The first kappa shape index (κ1) is 36.1. The van der Waals surface area contributed by atoms with Crippen molar-refractivity contribution in [3.8, 4) is 11.1 Å². The van der Waals surface area contributed by atoms with Crippen molar-refractivity contribution in [3.05, 3.63) is 217 Å². The first-order valence-electron chi connectivity index (χ1n) is 17.9. The van der Waals surface area contributed by atoms with E-state index in [9.17, 15) is 0 Å². The standard InChI is InChI=1S/C42H34N2.C7H8.CH3N/c1-30-14-9-11-26-44(27-12-10-15-31(30)2)42-23-8-7-18-35(42)32-16-13-17-33(28-32)43-34-24-25-40-38-21-4-3-19-36(38)37-20-5-6-22-39(37)41(40)29-34;1-7-5-3-2-4-6-7;1-2/h4-18,20-29,43H,1-3,19H2;2-6H,1H3;2H,1H2/b14-9-,15-10-,26-11-,27-12-;;. The Labute approximate surface area is 314 Å². The van der Waals surface area contributed by atoms with Crippen molar-refractivity contribution in [3.63, 3.8) is 0 Å². The lowest BCUT2D eigenvalue weighted by molar-refractivity contribution is 1.00. The van der Waals surface area contributed by atoms with Crippen molar-refractivity contribution in [1.82, 2.24) is 0 Å². The van der Waals surface area contributed by atoms with Gasteiger partial charge in [-0.2, -0.15) is 0 Å². The molecule has 6 aromatic carbocycles. The monoisotopic (exact) mass is 687 g/mol. The molecule has 1 aliphatic heterocycles. The van der Waals surface area contributed by atoms with Crippen LogP contribution in [0.2, 0.25) is 0 Å². The molecule has 0 saturated heterocycles. The zero-order valence-corrected chi connectivity index (χ0v) is 30.3. The lowest BCUT2D eigenvalue weighted by atomic mass is 9.86. The third-order valence-electron chi connectivity index (χ3n) is 9.33. The van der Waals surface area contributed by atoms with Gasteiger partial charge in [-0.3, -0.25) is 0 Å². The average Bonchev–Trinajstić information content (AvgIpc) is 3.25. The molecule has 53 heavy (non-hydrogen) atoms. The van der Waals surface area contributed by atoms with Crippen LogP contribution in [0.1, 0.15) is 23.1 Å². The molecule has 1 aliphatic carbocycles. The van der Waals surface area contributed by atoms with Gasteiger partial charge in [-0.25, -0.2) is 0 Å². The molecule has 260 valence electrons. The fourth-order valence-corrected chi connectivity index (χ4v) is 6.72. The zero-order valence-electron chi connectivity index (χ0n) is 30.3. The van der Waals surface area contributed by atoms with Crippen LogP contribution in [-0.4, -0.2) is 6.72 Å². The third-order valence-corrected chi connectivity index (χ3v) is 9.33. The largest absolute Gasteiger partial charge is 0.355 e. The Balaban J connectivity index is 0.000000475. The smallest absolute Gasteiger partial charge is 0.0527 e. The number of hydrogen-bond donors (Lipinski definition) is 2. The normalized spacial score (nSPS) is 15.8. The van der Waals surface area contributed by atoms with Crippen LogP contribution in [0.3, 0.4) is 0 Å². The zero-order chi connectivity index (χ0) is 37.0. The van der Waals surface area contributed by atoms with Crippen molar-refractivity contribution in [2.75, 3.05) is 10.2 Å². The second kappa shape index (κ2) is 17.5. The highest BCUT2D eigenvalue weighted by atomic mass is 15.1. The van der Waals surface area contributed by atoms with Crippen LogP contribution >= 0.6 is 0 Å². The van der Waals surface area contributed by atoms with Gasteiger partial charge in [0.05, 0.1) is 5.69 Å². The Hall–Kier alpha value is -6.71. The van der Waals surface area contributed by atoms with Gasteiger partial charge in [0, 0.05) is 29.3 Å². The molecule has 2 N–H and O–H groups in total. The molecule has 8 rings (SSSR count). The number of aryl methyl sites for hydroxylation is 2. The topological polar surface area (TPSA) is 39.1 Å². The summed E-state index contributed by atoms with van der Waals surface area (Å²) in [4.78, 5) is 2.14. The summed E-state index contributed by atoms with van der Waals surface area (Å²) < 4.78 is 0. The van der Waals surface area contributed by atoms with Crippen molar-refractivity contribution in [2.24, 2.45) is 0 Å². The lowest BCUT2D eigenvalue weighted by Gasteiger charge is -2.20. The van der Waals surface area contributed by atoms with Crippen LogP contribution in [-0.2, 0) is 6.42 Å². The highest BCUT2D eigenvalue weighted by molar-refractivity contribution is 6.14. The summed E-state index contributed by atoms with van der Waals surface area (Å²) in [6.45, 7) is 12.8. The first-order valence-corrected chi connectivity index (χ1v) is 17.9. The molecule has 1 heterocycles. The van der Waals surface area contributed by atoms with Gasteiger partial charge in [-0.15, -0.1) is 0 Å². The molecule has 0 unspecified atom stereocenters. The van der Waals surface area contributed by atoms with Gasteiger partial charge in [0.1, 0.15) is 0 Å². The van der Waals surface area contributed by atoms with E-state index >= 15 is 0 Å². The number of nitrogens with zero attached hydrogens (tertiary/aromatic N) is 1. The van der Waals surface area contributed by atoms with Gasteiger partial charge in [0.2, 0.25) is 0 Å². The summed E-state index contributed by atoms with van der Waals surface area (Å²) >= 11 is 0. The minimum atomic E-state index is 0.897. The second-order valence-corrected chi connectivity index (χ2v) is 12.9. The fourth-order valence-electron chi connectivity index (χ4n) is 6.72. The maximum absolute atomic E-state index is 5.50. The Morgan fingerprint density at radius 1 is 0.585 bits per heavy atom. The van der Waals surface area contributed by atoms with Crippen LogP contribution in [0.5, 0.6) is 0 Å². The number of fused-ring (bicyclic) bond motifs is 6. The SMILES string of the molecule is C=C1/C=C\C=C/N(c2ccccc2-c2cccc(Nc3ccc4c5c(c6ccccc6c4c3)CCC=C5)c2)/C=C\C=C/C1=C.C=N.Cc1ccccc1. The van der Waals surface area contributed by atoms with Crippen molar-refractivity contribution < 1.29 is 0 Å². The van der Waals surface area contributed by atoms with Gasteiger partial charge < -0.3 is 15.6 Å². The number of allylic oxidation sites excluding steroid dienone is 9. The number of rotatable bonds is 4. The summed E-state index contributed by atoms with van der Waals surface area (Å²) in [5, 5.41) is 14.5.